The number of nitrogens with one attached hydrogen (secondary N) is 1. The molecule has 0 saturated carbocycles. The largest absolute Gasteiger partial charge is 0.417 e. The first-order valence-electron chi connectivity index (χ1n) is 10.5. The standard InChI is InChI=1S/C22H27F3N4O3/c1-27-20(31)18-13-29(19(30)5-10-32-2)14-21(18)6-8-28(9-7-21)16-4-3-15(12-26)17(11-16)22(23,24)25/h3-4,11,18H,5-10,13-14H2,1-2H3,(H,27,31). The topological polar surface area (TPSA) is 85.7 Å². The molecule has 0 bridgehead atoms. The zero-order valence-corrected chi connectivity index (χ0v) is 18.2. The van der Waals surface area contributed by atoms with Gasteiger partial charge in [0.2, 0.25) is 11.8 Å². The Labute approximate surface area is 185 Å². The average molecular weight is 452 g/mol. The van der Waals surface area contributed by atoms with E-state index < -0.39 is 22.7 Å². The number of likely N-dealkylation sites (tertiary alicyclic amines) is 1. The molecular formula is C22H27F3N4O3. The summed E-state index contributed by atoms with van der Waals surface area (Å²) < 4.78 is 45.0. The van der Waals surface area contributed by atoms with Crippen LogP contribution in [0.5, 0.6) is 0 Å². The van der Waals surface area contributed by atoms with Crippen molar-refractivity contribution in [2.45, 2.75) is 25.4 Å². The molecule has 2 aliphatic rings. The molecule has 1 N–H and O–H groups in total. The zero-order valence-electron chi connectivity index (χ0n) is 18.2. The fraction of sp³-hybridized carbons (Fsp3) is 0.591. The summed E-state index contributed by atoms with van der Waals surface area (Å²) in [5, 5.41) is 11.7. The summed E-state index contributed by atoms with van der Waals surface area (Å²) in [7, 11) is 3.09. The highest BCUT2D eigenvalue weighted by molar-refractivity contribution is 5.83. The van der Waals surface area contributed by atoms with Crippen molar-refractivity contribution in [2.24, 2.45) is 11.3 Å². The number of halogens is 3. The van der Waals surface area contributed by atoms with Gasteiger partial charge >= 0.3 is 6.18 Å². The number of rotatable bonds is 5. The zero-order chi connectivity index (χ0) is 23.5. The van der Waals surface area contributed by atoms with Crippen LogP contribution in [0.15, 0.2) is 18.2 Å². The normalized spacial score (nSPS) is 20.3. The molecule has 0 aliphatic carbocycles. The minimum absolute atomic E-state index is 0.0676. The predicted molar refractivity (Wildman–Crippen MR) is 111 cm³/mol. The Morgan fingerprint density at radius 1 is 1.31 bits per heavy atom. The lowest BCUT2D eigenvalue weighted by Gasteiger charge is -2.43. The van der Waals surface area contributed by atoms with Gasteiger partial charge in [0, 0.05) is 51.4 Å². The van der Waals surface area contributed by atoms with E-state index in [2.05, 4.69) is 5.32 Å². The Balaban J connectivity index is 1.78. The second-order valence-electron chi connectivity index (χ2n) is 8.37. The minimum atomic E-state index is -4.61. The van der Waals surface area contributed by atoms with Gasteiger partial charge in [-0.05, 0) is 31.0 Å². The van der Waals surface area contributed by atoms with Crippen LogP contribution in [-0.2, 0) is 20.5 Å². The van der Waals surface area contributed by atoms with E-state index in [1.54, 1.807) is 18.0 Å². The molecule has 10 heteroatoms. The third-order valence-corrected chi connectivity index (χ3v) is 6.64. The van der Waals surface area contributed by atoms with Crippen molar-refractivity contribution in [3.8, 4) is 6.07 Å². The Morgan fingerprint density at radius 2 is 2.00 bits per heavy atom. The number of methoxy groups -OCH3 is 1. The van der Waals surface area contributed by atoms with Crippen LogP contribution >= 0.6 is 0 Å². The average Bonchev–Trinajstić information content (AvgIpc) is 3.15. The van der Waals surface area contributed by atoms with Crippen molar-refractivity contribution in [1.82, 2.24) is 10.2 Å². The van der Waals surface area contributed by atoms with E-state index in [4.69, 9.17) is 10.00 Å². The summed E-state index contributed by atoms with van der Waals surface area (Å²) in [6.45, 7) is 1.99. The molecular weight excluding hydrogens is 425 g/mol. The summed E-state index contributed by atoms with van der Waals surface area (Å²) in [6, 6.07) is 5.33. The van der Waals surface area contributed by atoms with Gasteiger partial charge in [0.25, 0.3) is 0 Å². The van der Waals surface area contributed by atoms with Gasteiger partial charge in [-0.1, -0.05) is 0 Å². The molecule has 0 aromatic heterocycles. The molecule has 1 aromatic rings. The molecule has 2 heterocycles. The maximum atomic E-state index is 13.3. The Bertz CT molecular complexity index is 905. The highest BCUT2D eigenvalue weighted by Crippen LogP contribution is 2.46. The molecule has 2 amide bonds. The second-order valence-corrected chi connectivity index (χ2v) is 8.37. The van der Waals surface area contributed by atoms with E-state index in [9.17, 15) is 22.8 Å². The van der Waals surface area contributed by atoms with Gasteiger partial charge in [0.05, 0.1) is 36.1 Å². The van der Waals surface area contributed by atoms with Gasteiger partial charge in [-0.25, -0.2) is 0 Å². The van der Waals surface area contributed by atoms with E-state index in [0.717, 1.165) is 6.07 Å². The fourth-order valence-corrected chi connectivity index (χ4v) is 4.82. The molecule has 2 fully saturated rings. The van der Waals surface area contributed by atoms with Crippen LogP contribution in [-0.4, -0.2) is 63.7 Å². The summed E-state index contributed by atoms with van der Waals surface area (Å²) in [5.74, 6) is -0.562. The lowest BCUT2D eigenvalue weighted by molar-refractivity contribution is -0.138. The van der Waals surface area contributed by atoms with E-state index in [0.29, 0.717) is 51.3 Å². The van der Waals surface area contributed by atoms with E-state index >= 15 is 0 Å². The highest BCUT2D eigenvalue weighted by Gasteiger charge is 2.52. The summed E-state index contributed by atoms with van der Waals surface area (Å²) in [4.78, 5) is 28.7. The Hall–Kier alpha value is -2.80. The van der Waals surface area contributed by atoms with Gasteiger partial charge in [0.15, 0.2) is 0 Å². The molecule has 1 atom stereocenters. The van der Waals surface area contributed by atoms with Gasteiger partial charge in [-0.2, -0.15) is 18.4 Å². The third kappa shape index (κ3) is 4.67. The number of hydrogen-bond donors (Lipinski definition) is 1. The molecule has 32 heavy (non-hydrogen) atoms. The molecule has 3 rings (SSSR count). The number of benzene rings is 1. The molecule has 1 aromatic carbocycles. The van der Waals surface area contributed by atoms with Crippen LogP contribution in [0.3, 0.4) is 0 Å². The fourth-order valence-electron chi connectivity index (χ4n) is 4.82. The molecule has 2 saturated heterocycles. The van der Waals surface area contributed by atoms with E-state index in [-0.39, 0.29) is 24.2 Å². The maximum Gasteiger partial charge on any atom is 0.417 e. The number of carbonyl (C=O) groups excluding carboxylic acids is 2. The third-order valence-electron chi connectivity index (χ3n) is 6.64. The van der Waals surface area contributed by atoms with Crippen molar-refractivity contribution < 1.29 is 27.5 Å². The number of nitriles is 1. The number of anilines is 1. The van der Waals surface area contributed by atoms with Gasteiger partial charge < -0.3 is 19.9 Å². The first-order valence-corrected chi connectivity index (χ1v) is 10.5. The number of ether oxygens (including phenoxy) is 1. The SMILES string of the molecule is CNC(=O)C1CN(C(=O)CCOC)CC12CCN(c1ccc(C#N)c(C(F)(F)F)c1)CC2. The quantitative estimate of drug-likeness (QED) is 0.742. The van der Waals surface area contributed by atoms with Crippen LogP contribution in [0.2, 0.25) is 0 Å². The summed E-state index contributed by atoms with van der Waals surface area (Å²) in [6.07, 6.45) is -3.23. The van der Waals surface area contributed by atoms with E-state index in [1.807, 2.05) is 4.90 Å². The lowest BCUT2D eigenvalue weighted by atomic mass is 9.70. The van der Waals surface area contributed by atoms with Crippen molar-refractivity contribution in [2.75, 3.05) is 51.8 Å². The van der Waals surface area contributed by atoms with Crippen LogP contribution in [0.4, 0.5) is 18.9 Å². The minimum Gasteiger partial charge on any atom is -0.384 e. The molecule has 1 spiro atoms. The number of hydrogen-bond acceptors (Lipinski definition) is 5. The second kappa shape index (κ2) is 9.36. The monoisotopic (exact) mass is 452 g/mol. The Morgan fingerprint density at radius 3 is 2.56 bits per heavy atom. The number of alkyl halides is 3. The van der Waals surface area contributed by atoms with Crippen molar-refractivity contribution in [3.63, 3.8) is 0 Å². The molecule has 1 unspecified atom stereocenters. The van der Waals surface area contributed by atoms with Crippen molar-refractivity contribution >= 4 is 17.5 Å². The summed E-state index contributed by atoms with van der Waals surface area (Å²) >= 11 is 0. The maximum absolute atomic E-state index is 13.3. The highest BCUT2D eigenvalue weighted by atomic mass is 19.4. The smallest absolute Gasteiger partial charge is 0.384 e. The van der Waals surface area contributed by atoms with Gasteiger partial charge in [-0.3, -0.25) is 9.59 Å². The molecule has 0 radical (unpaired) electrons. The van der Waals surface area contributed by atoms with Crippen LogP contribution < -0.4 is 10.2 Å². The van der Waals surface area contributed by atoms with E-state index in [1.165, 1.54) is 19.2 Å². The molecule has 174 valence electrons. The van der Waals surface area contributed by atoms with Crippen molar-refractivity contribution in [3.05, 3.63) is 29.3 Å². The molecule has 2 aliphatic heterocycles. The molecule has 7 nitrogen and oxygen atoms in total. The summed E-state index contributed by atoms with van der Waals surface area (Å²) in [5.41, 5.74) is -1.38. The first kappa shape index (κ1) is 23.9. The van der Waals surface area contributed by atoms with Crippen molar-refractivity contribution in [1.29, 1.82) is 5.26 Å². The van der Waals surface area contributed by atoms with Crippen LogP contribution in [0, 0.1) is 22.7 Å². The van der Waals surface area contributed by atoms with Gasteiger partial charge in [0.1, 0.15) is 0 Å². The Kier molecular flexibility index (Phi) is 6.98. The van der Waals surface area contributed by atoms with Gasteiger partial charge in [-0.15, -0.1) is 0 Å². The predicted octanol–water partition coefficient (Wildman–Crippen LogP) is 2.40. The van der Waals surface area contributed by atoms with Crippen LogP contribution in [0.1, 0.15) is 30.4 Å². The lowest BCUT2D eigenvalue weighted by Crippen LogP contribution is -2.48. The number of carbonyl (C=O) groups is 2. The van der Waals surface area contributed by atoms with Crippen LogP contribution in [0.25, 0.3) is 0 Å². The number of nitrogens with zero attached hydrogens (tertiary/aromatic N) is 3. The number of amides is 2. The number of piperidine rings is 1. The first-order chi connectivity index (χ1) is 15.1.